The van der Waals surface area contributed by atoms with Gasteiger partial charge in [-0.05, 0) is 24.5 Å². The van der Waals surface area contributed by atoms with Crippen LogP contribution in [-0.2, 0) is 11.2 Å². The van der Waals surface area contributed by atoms with Gasteiger partial charge in [-0.2, -0.15) is 0 Å². The smallest absolute Gasteiger partial charge is 0.243 e. The predicted molar refractivity (Wildman–Crippen MR) is 82.1 cm³/mol. The van der Waals surface area contributed by atoms with E-state index in [2.05, 4.69) is 22.5 Å². The summed E-state index contributed by atoms with van der Waals surface area (Å²) in [5.74, 6) is 2.30. The first-order valence-corrected chi connectivity index (χ1v) is 7.33. The summed E-state index contributed by atoms with van der Waals surface area (Å²) in [4.78, 5) is 17.5. The third-order valence-corrected chi connectivity index (χ3v) is 3.55. The van der Waals surface area contributed by atoms with E-state index in [1.165, 1.54) is 0 Å². The molecule has 0 radical (unpaired) electrons. The number of hydrogen-bond acceptors (Lipinski definition) is 3. The second kappa shape index (κ2) is 7.15. The van der Waals surface area contributed by atoms with Crippen LogP contribution < -0.4 is 10.6 Å². The number of guanidine groups is 1. The number of likely N-dealkylation sites (N-methyl/N-ethyl adjacent to an activating group) is 1. The molecule has 21 heavy (non-hydrogen) atoms. The van der Waals surface area contributed by atoms with E-state index in [9.17, 15) is 4.79 Å². The summed E-state index contributed by atoms with van der Waals surface area (Å²) in [6.45, 7) is 3.07. The van der Waals surface area contributed by atoms with Gasteiger partial charge < -0.3 is 20.0 Å². The molecule has 2 N–H and O–H groups in total. The maximum atomic E-state index is 11.6. The van der Waals surface area contributed by atoms with E-state index in [1.807, 2.05) is 12.1 Å². The lowest BCUT2D eigenvalue weighted by Crippen LogP contribution is -2.41. The molecule has 0 saturated heterocycles. The van der Waals surface area contributed by atoms with Crippen LogP contribution in [0.1, 0.15) is 19.1 Å². The summed E-state index contributed by atoms with van der Waals surface area (Å²) >= 11 is 0. The second-order valence-electron chi connectivity index (χ2n) is 5.67. The summed E-state index contributed by atoms with van der Waals surface area (Å²) in [6.07, 6.45) is 3.61. The normalized spacial score (nSPS) is 21.0. The Balaban J connectivity index is 1.82. The topological polar surface area (TPSA) is 69.9 Å². The SMILES string of the molecule is CC1CC1NC(=NCC(=O)N(C)C)NCCc1ccco1. The fourth-order valence-corrected chi connectivity index (χ4v) is 1.90. The number of aliphatic imine (C=N–C) groups is 1. The third-order valence-electron chi connectivity index (χ3n) is 3.55. The Bertz CT molecular complexity index is 482. The first-order valence-electron chi connectivity index (χ1n) is 7.33. The molecule has 1 aliphatic carbocycles. The molecular weight excluding hydrogens is 268 g/mol. The third kappa shape index (κ3) is 5.13. The zero-order valence-electron chi connectivity index (χ0n) is 12.9. The predicted octanol–water partition coefficient (Wildman–Crippen LogP) is 0.854. The van der Waals surface area contributed by atoms with Gasteiger partial charge in [0.15, 0.2) is 5.96 Å². The number of rotatable bonds is 6. The van der Waals surface area contributed by atoms with Crippen LogP contribution in [0, 0.1) is 5.92 Å². The molecule has 2 atom stereocenters. The molecule has 6 heteroatoms. The van der Waals surface area contributed by atoms with Crippen LogP contribution in [0.15, 0.2) is 27.8 Å². The zero-order chi connectivity index (χ0) is 15.2. The van der Waals surface area contributed by atoms with Gasteiger partial charge in [-0.25, -0.2) is 4.99 Å². The van der Waals surface area contributed by atoms with Crippen LogP contribution in [0.3, 0.4) is 0 Å². The highest BCUT2D eigenvalue weighted by Crippen LogP contribution is 2.28. The number of nitrogens with zero attached hydrogens (tertiary/aromatic N) is 2. The molecule has 0 aliphatic heterocycles. The summed E-state index contributed by atoms with van der Waals surface area (Å²) in [5, 5.41) is 6.60. The standard InChI is InChI=1S/C15H24N4O2/c1-11-9-13(11)18-15(17-10-14(20)19(2)3)16-7-6-12-5-4-8-21-12/h4-5,8,11,13H,6-7,9-10H2,1-3H3,(H2,16,17,18). The summed E-state index contributed by atoms with van der Waals surface area (Å²) in [6, 6.07) is 4.30. The highest BCUT2D eigenvalue weighted by Gasteiger charge is 2.33. The number of carbonyl (C=O) groups excluding carboxylic acids is 1. The Morgan fingerprint density at radius 2 is 2.29 bits per heavy atom. The van der Waals surface area contributed by atoms with Crippen LogP contribution in [-0.4, -0.2) is 50.0 Å². The van der Waals surface area contributed by atoms with Crippen molar-refractivity contribution in [2.24, 2.45) is 10.9 Å². The van der Waals surface area contributed by atoms with Gasteiger partial charge in [0.1, 0.15) is 12.3 Å². The number of amides is 1. The minimum atomic E-state index is -0.00835. The van der Waals surface area contributed by atoms with Gasteiger partial charge in [0.25, 0.3) is 0 Å². The minimum absolute atomic E-state index is 0.00835. The van der Waals surface area contributed by atoms with Gasteiger partial charge in [-0.3, -0.25) is 4.79 Å². The quantitative estimate of drug-likeness (QED) is 0.602. The van der Waals surface area contributed by atoms with Crippen molar-refractivity contribution in [3.63, 3.8) is 0 Å². The van der Waals surface area contributed by atoms with Crippen LogP contribution >= 0.6 is 0 Å². The summed E-state index contributed by atoms with van der Waals surface area (Å²) in [5.41, 5.74) is 0. The molecule has 1 fully saturated rings. The molecule has 116 valence electrons. The van der Waals surface area contributed by atoms with E-state index in [4.69, 9.17) is 4.42 Å². The fraction of sp³-hybridized carbons (Fsp3) is 0.600. The minimum Gasteiger partial charge on any atom is -0.469 e. The molecule has 0 spiro atoms. The van der Waals surface area contributed by atoms with Gasteiger partial charge in [0.2, 0.25) is 5.91 Å². The number of hydrogen-bond donors (Lipinski definition) is 2. The Kier molecular flexibility index (Phi) is 5.25. The number of furan rings is 1. The van der Waals surface area contributed by atoms with Gasteiger partial charge in [-0.1, -0.05) is 6.92 Å². The highest BCUT2D eigenvalue weighted by atomic mass is 16.3. The zero-order valence-corrected chi connectivity index (χ0v) is 12.9. The van der Waals surface area contributed by atoms with E-state index < -0.39 is 0 Å². The van der Waals surface area contributed by atoms with Gasteiger partial charge >= 0.3 is 0 Å². The molecule has 1 aromatic heterocycles. The Morgan fingerprint density at radius 1 is 1.52 bits per heavy atom. The summed E-state index contributed by atoms with van der Waals surface area (Å²) in [7, 11) is 3.47. The molecular formula is C15H24N4O2. The average Bonchev–Trinajstić information content (AvgIpc) is 2.92. The first kappa shape index (κ1) is 15.4. The molecule has 1 heterocycles. The lowest BCUT2D eigenvalue weighted by atomic mass is 10.3. The molecule has 1 aliphatic rings. The molecule has 1 amide bonds. The monoisotopic (exact) mass is 292 g/mol. The van der Waals surface area contributed by atoms with E-state index in [-0.39, 0.29) is 12.5 Å². The molecule has 0 bridgehead atoms. The maximum Gasteiger partial charge on any atom is 0.243 e. The van der Waals surface area contributed by atoms with Gasteiger partial charge in [0.05, 0.1) is 6.26 Å². The Labute approximate surface area is 125 Å². The van der Waals surface area contributed by atoms with Crippen molar-refractivity contribution in [1.29, 1.82) is 0 Å². The van der Waals surface area contributed by atoms with Crippen molar-refractivity contribution in [2.45, 2.75) is 25.8 Å². The lowest BCUT2D eigenvalue weighted by molar-refractivity contribution is -0.127. The van der Waals surface area contributed by atoms with E-state index in [0.717, 1.165) is 25.1 Å². The van der Waals surface area contributed by atoms with Crippen molar-refractivity contribution >= 4 is 11.9 Å². The highest BCUT2D eigenvalue weighted by molar-refractivity contribution is 5.85. The van der Waals surface area contributed by atoms with Crippen LogP contribution in [0.4, 0.5) is 0 Å². The molecule has 2 rings (SSSR count). The van der Waals surface area contributed by atoms with E-state index in [1.54, 1.807) is 25.3 Å². The van der Waals surface area contributed by atoms with Crippen molar-refractivity contribution in [2.75, 3.05) is 27.2 Å². The van der Waals surface area contributed by atoms with Crippen LogP contribution in [0.5, 0.6) is 0 Å². The lowest BCUT2D eigenvalue weighted by Gasteiger charge is -2.13. The van der Waals surface area contributed by atoms with Crippen LogP contribution in [0.2, 0.25) is 0 Å². The van der Waals surface area contributed by atoms with E-state index in [0.29, 0.717) is 17.9 Å². The molecule has 1 saturated carbocycles. The second-order valence-corrected chi connectivity index (χ2v) is 5.67. The van der Waals surface area contributed by atoms with Gasteiger partial charge in [-0.15, -0.1) is 0 Å². The largest absolute Gasteiger partial charge is 0.469 e. The molecule has 2 unspecified atom stereocenters. The molecule has 1 aromatic rings. The maximum absolute atomic E-state index is 11.6. The summed E-state index contributed by atoms with van der Waals surface area (Å²) < 4.78 is 5.29. The Morgan fingerprint density at radius 3 is 2.86 bits per heavy atom. The number of carbonyl (C=O) groups is 1. The van der Waals surface area contributed by atoms with Crippen LogP contribution in [0.25, 0.3) is 0 Å². The van der Waals surface area contributed by atoms with Gasteiger partial charge in [0, 0.05) is 33.1 Å². The van der Waals surface area contributed by atoms with Crippen molar-refractivity contribution in [3.8, 4) is 0 Å². The fourth-order valence-electron chi connectivity index (χ4n) is 1.90. The Hall–Kier alpha value is -1.98. The van der Waals surface area contributed by atoms with Crippen molar-refractivity contribution in [3.05, 3.63) is 24.2 Å². The van der Waals surface area contributed by atoms with Crippen molar-refractivity contribution < 1.29 is 9.21 Å². The van der Waals surface area contributed by atoms with Crippen molar-refractivity contribution in [1.82, 2.24) is 15.5 Å². The molecule has 6 nitrogen and oxygen atoms in total. The first-order chi connectivity index (χ1) is 10.1. The molecule has 0 aromatic carbocycles. The van der Waals surface area contributed by atoms with E-state index >= 15 is 0 Å². The number of nitrogens with one attached hydrogen (secondary N) is 2. The average molecular weight is 292 g/mol.